The number of para-hydroxylation sites is 2. The van der Waals surface area contributed by atoms with Gasteiger partial charge in [-0.1, -0.05) is 102 Å². The summed E-state index contributed by atoms with van der Waals surface area (Å²) in [6, 6.07) is 34.7. The Hall–Kier alpha value is -6.46. The number of nitriles is 1. The normalized spacial score (nSPS) is 11.8. The fourth-order valence-corrected chi connectivity index (χ4v) is 5.99. The Morgan fingerprint density at radius 1 is 0.692 bits per heavy atom. The van der Waals surface area contributed by atoms with Crippen LogP contribution in [0.3, 0.4) is 0 Å². The summed E-state index contributed by atoms with van der Waals surface area (Å²) in [6.45, 7) is 13.0. The first kappa shape index (κ1) is 35.4. The van der Waals surface area contributed by atoms with Crippen molar-refractivity contribution in [2.24, 2.45) is 0 Å². The van der Waals surface area contributed by atoms with Crippen molar-refractivity contribution < 1.29 is 8.83 Å². The first-order chi connectivity index (χ1) is 24.8. The number of anilines is 1. The van der Waals surface area contributed by atoms with Crippen molar-refractivity contribution in [1.82, 2.24) is 4.57 Å². The van der Waals surface area contributed by atoms with Crippen LogP contribution >= 0.6 is 0 Å². The number of rotatable bonds is 4. The Kier molecular flexibility index (Phi) is 9.55. The van der Waals surface area contributed by atoms with Gasteiger partial charge in [0.25, 0.3) is 0 Å². The molecule has 8 nitrogen and oxygen atoms in total. The smallest absolute Gasteiger partial charge is 0.354 e. The number of hydrogen-bond acceptors (Lipinski definition) is 7. The lowest BCUT2D eigenvalue weighted by molar-refractivity contribution is 0.558. The zero-order chi connectivity index (χ0) is 37.2. The SMILES string of the molecule is CC(C)(C)c1ccc(-n2ccc3c(c(=O)oc4ccccc43)c2=N)cc1.CC(C)(C)c1ccc(N/C=C\c2c(C#N)c(=O)oc3ccccc23)cc1. The van der Waals surface area contributed by atoms with E-state index in [-0.39, 0.29) is 21.9 Å². The van der Waals surface area contributed by atoms with E-state index in [0.717, 1.165) is 27.5 Å². The van der Waals surface area contributed by atoms with Gasteiger partial charge < -0.3 is 18.7 Å². The second kappa shape index (κ2) is 14.0. The molecule has 7 aromatic rings. The van der Waals surface area contributed by atoms with Crippen LogP contribution in [0.2, 0.25) is 0 Å². The van der Waals surface area contributed by atoms with Crippen LogP contribution in [0.5, 0.6) is 0 Å². The van der Waals surface area contributed by atoms with E-state index in [4.69, 9.17) is 14.2 Å². The van der Waals surface area contributed by atoms with Gasteiger partial charge in [0.1, 0.15) is 33.7 Å². The molecule has 0 unspecified atom stereocenters. The van der Waals surface area contributed by atoms with Gasteiger partial charge in [0, 0.05) is 45.5 Å². The maximum atomic E-state index is 12.5. The van der Waals surface area contributed by atoms with Gasteiger partial charge in [0.05, 0.1) is 0 Å². The minimum Gasteiger partial charge on any atom is -0.422 e. The molecular weight excluding hydrogens is 649 g/mol. The second-order valence-electron chi connectivity index (χ2n) is 14.6. The summed E-state index contributed by atoms with van der Waals surface area (Å²) >= 11 is 0. The third kappa shape index (κ3) is 7.21. The van der Waals surface area contributed by atoms with E-state index >= 15 is 0 Å². The molecule has 8 heteroatoms. The molecule has 0 radical (unpaired) electrons. The summed E-state index contributed by atoms with van der Waals surface area (Å²) in [5, 5.41) is 23.7. The monoisotopic (exact) mass is 688 g/mol. The highest BCUT2D eigenvalue weighted by molar-refractivity contribution is 6.03. The molecule has 3 heterocycles. The van der Waals surface area contributed by atoms with Crippen molar-refractivity contribution in [2.45, 2.75) is 52.4 Å². The lowest BCUT2D eigenvalue weighted by Crippen LogP contribution is -2.23. The standard InChI is InChI=1S/2C22H20N2O2/c1-22(2,3)14-8-10-15(11-9-14)24-13-12-17-16-6-4-5-7-18(16)26-21(25)19(17)20(24)23;1-22(2,3)15-8-10-16(11-9-15)24-13-12-17-18-6-4-5-7-20(18)26-21(25)19(17)14-23/h4-13,23H,1-3H3;4-13,24H,1-3H3/b;13-12-. The molecule has 260 valence electrons. The predicted octanol–water partition coefficient (Wildman–Crippen LogP) is 9.56. The van der Waals surface area contributed by atoms with Crippen LogP contribution in [0.25, 0.3) is 44.5 Å². The first-order valence-corrected chi connectivity index (χ1v) is 17.0. The fraction of sp³-hybridized carbons (Fsp3) is 0.182. The largest absolute Gasteiger partial charge is 0.422 e. The van der Waals surface area contributed by atoms with Crippen LogP contribution in [0, 0.1) is 16.7 Å². The van der Waals surface area contributed by atoms with Gasteiger partial charge in [-0.15, -0.1) is 0 Å². The highest BCUT2D eigenvalue weighted by Crippen LogP contribution is 2.26. The molecular formula is C44H40N4O4. The number of hydrogen-bond donors (Lipinski definition) is 2. The zero-order valence-corrected chi connectivity index (χ0v) is 30.1. The Morgan fingerprint density at radius 3 is 1.83 bits per heavy atom. The van der Waals surface area contributed by atoms with Gasteiger partial charge in [-0.05, 0) is 70.5 Å². The summed E-state index contributed by atoms with van der Waals surface area (Å²) in [5.41, 5.74) is 5.01. The molecule has 0 bridgehead atoms. The minimum atomic E-state index is -0.625. The molecule has 0 fully saturated rings. The van der Waals surface area contributed by atoms with Gasteiger partial charge in [-0.3, -0.25) is 5.41 Å². The van der Waals surface area contributed by atoms with Crippen LogP contribution in [-0.2, 0) is 10.8 Å². The minimum absolute atomic E-state index is 0.00447. The molecule has 7 rings (SSSR count). The number of aromatic nitrogens is 1. The molecule has 0 aliphatic carbocycles. The average molecular weight is 689 g/mol. The topological polar surface area (TPSA) is 125 Å². The van der Waals surface area contributed by atoms with Gasteiger partial charge in [0.15, 0.2) is 0 Å². The third-order valence-electron chi connectivity index (χ3n) is 8.95. The van der Waals surface area contributed by atoms with Crippen LogP contribution in [0.4, 0.5) is 5.69 Å². The zero-order valence-electron chi connectivity index (χ0n) is 30.1. The van der Waals surface area contributed by atoms with E-state index < -0.39 is 11.3 Å². The van der Waals surface area contributed by atoms with Gasteiger partial charge in [-0.2, -0.15) is 5.26 Å². The molecule has 0 spiro atoms. The maximum Gasteiger partial charge on any atom is 0.354 e. The number of benzene rings is 4. The molecule has 0 aliphatic heterocycles. The average Bonchev–Trinajstić information content (AvgIpc) is 3.11. The number of pyridine rings is 1. The molecule has 0 saturated heterocycles. The molecule has 4 aromatic carbocycles. The van der Waals surface area contributed by atoms with Crippen LogP contribution in [-0.4, -0.2) is 4.57 Å². The van der Waals surface area contributed by atoms with E-state index in [9.17, 15) is 14.9 Å². The molecule has 0 saturated carbocycles. The lowest BCUT2D eigenvalue weighted by atomic mass is 9.87. The molecule has 3 aromatic heterocycles. The van der Waals surface area contributed by atoms with Crippen molar-refractivity contribution in [3.8, 4) is 11.8 Å². The van der Waals surface area contributed by atoms with Crippen LogP contribution in [0.1, 0.15) is 63.8 Å². The van der Waals surface area contributed by atoms with Crippen molar-refractivity contribution in [3.05, 3.63) is 164 Å². The Balaban J connectivity index is 0.000000179. The van der Waals surface area contributed by atoms with E-state index in [1.165, 1.54) is 11.1 Å². The number of nitrogens with one attached hydrogen (secondary N) is 2. The second-order valence-corrected chi connectivity index (χ2v) is 14.6. The molecule has 0 atom stereocenters. The van der Waals surface area contributed by atoms with Crippen LogP contribution in [0.15, 0.2) is 134 Å². The lowest BCUT2D eigenvalue weighted by Gasteiger charge is -2.19. The quantitative estimate of drug-likeness (QED) is 0.140. The summed E-state index contributed by atoms with van der Waals surface area (Å²) in [7, 11) is 0. The van der Waals surface area contributed by atoms with Gasteiger partial charge >= 0.3 is 11.3 Å². The Morgan fingerprint density at radius 2 is 1.23 bits per heavy atom. The highest BCUT2D eigenvalue weighted by Gasteiger charge is 2.16. The van der Waals surface area contributed by atoms with E-state index in [2.05, 4.69) is 71.1 Å². The Labute approximate surface area is 301 Å². The molecule has 0 aliphatic rings. The van der Waals surface area contributed by atoms with E-state index in [1.807, 2.05) is 72.9 Å². The van der Waals surface area contributed by atoms with Crippen molar-refractivity contribution in [1.29, 1.82) is 10.7 Å². The summed E-state index contributed by atoms with van der Waals surface area (Å²) in [6.07, 6.45) is 5.30. The van der Waals surface area contributed by atoms with E-state index in [1.54, 1.807) is 35.0 Å². The van der Waals surface area contributed by atoms with Crippen molar-refractivity contribution >= 4 is 44.5 Å². The Bertz CT molecular complexity index is 2680. The maximum absolute atomic E-state index is 12.5. The van der Waals surface area contributed by atoms with Crippen molar-refractivity contribution in [2.75, 3.05) is 5.32 Å². The van der Waals surface area contributed by atoms with Gasteiger partial charge in [0.2, 0.25) is 0 Å². The fourth-order valence-electron chi connectivity index (χ4n) is 5.99. The first-order valence-electron chi connectivity index (χ1n) is 17.0. The number of nitrogens with zero attached hydrogens (tertiary/aromatic N) is 2. The number of fused-ring (bicyclic) bond motifs is 4. The summed E-state index contributed by atoms with van der Waals surface area (Å²) in [5.74, 6) is 0. The third-order valence-corrected chi connectivity index (χ3v) is 8.95. The van der Waals surface area contributed by atoms with Gasteiger partial charge in [-0.25, -0.2) is 9.59 Å². The molecule has 0 amide bonds. The van der Waals surface area contributed by atoms with Crippen molar-refractivity contribution in [3.63, 3.8) is 0 Å². The van der Waals surface area contributed by atoms with E-state index in [0.29, 0.717) is 22.1 Å². The molecule has 2 N–H and O–H groups in total. The molecule has 52 heavy (non-hydrogen) atoms. The summed E-state index contributed by atoms with van der Waals surface area (Å²) in [4.78, 5) is 24.5. The predicted molar refractivity (Wildman–Crippen MR) is 209 cm³/mol. The highest BCUT2D eigenvalue weighted by atomic mass is 16.4. The van der Waals surface area contributed by atoms with Crippen LogP contribution < -0.4 is 22.1 Å². The summed E-state index contributed by atoms with van der Waals surface area (Å²) < 4.78 is 12.3.